The lowest BCUT2D eigenvalue weighted by Gasteiger charge is -2.00. The molecular formula is C11H9OS. The quantitative estimate of drug-likeness (QED) is 0.704. The average Bonchev–Trinajstić information content (AvgIpc) is 2.71. The molecule has 0 aliphatic rings. The van der Waals surface area contributed by atoms with E-state index in [1.54, 1.807) is 18.4 Å². The van der Waals surface area contributed by atoms with E-state index in [0.717, 1.165) is 5.75 Å². The van der Waals surface area contributed by atoms with Crippen LogP contribution in [0.2, 0.25) is 0 Å². The highest BCUT2D eigenvalue weighted by atomic mass is 32.1. The zero-order chi connectivity index (χ0) is 9.10. The molecule has 0 atom stereocenters. The van der Waals surface area contributed by atoms with Crippen molar-refractivity contribution in [3.8, 4) is 16.2 Å². The van der Waals surface area contributed by atoms with E-state index in [4.69, 9.17) is 4.74 Å². The Morgan fingerprint density at radius 2 is 2.00 bits per heavy atom. The van der Waals surface area contributed by atoms with E-state index in [1.807, 2.05) is 35.7 Å². The third kappa shape index (κ3) is 1.73. The van der Waals surface area contributed by atoms with E-state index in [0.29, 0.717) is 0 Å². The average molecular weight is 189 g/mol. The molecule has 2 heteroatoms. The summed E-state index contributed by atoms with van der Waals surface area (Å²) in [5.41, 5.74) is 1.19. The molecule has 0 aliphatic heterocycles. The van der Waals surface area contributed by atoms with Crippen molar-refractivity contribution in [1.82, 2.24) is 0 Å². The first-order chi connectivity index (χ1) is 6.40. The van der Waals surface area contributed by atoms with Crippen LogP contribution in [0.15, 0.2) is 35.7 Å². The molecule has 0 saturated carbocycles. The Labute approximate surface area is 81.6 Å². The van der Waals surface area contributed by atoms with Crippen LogP contribution in [0.1, 0.15) is 0 Å². The maximum atomic E-state index is 5.08. The number of benzene rings is 1. The van der Waals surface area contributed by atoms with Gasteiger partial charge in [0.25, 0.3) is 0 Å². The van der Waals surface area contributed by atoms with Gasteiger partial charge in [0, 0.05) is 10.9 Å². The first-order valence-corrected chi connectivity index (χ1v) is 4.88. The van der Waals surface area contributed by atoms with Crippen molar-refractivity contribution in [3.63, 3.8) is 0 Å². The minimum absolute atomic E-state index is 0.889. The summed E-state index contributed by atoms with van der Waals surface area (Å²) in [6.45, 7) is 0. The molecule has 1 aromatic carbocycles. The van der Waals surface area contributed by atoms with Crippen molar-refractivity contribution >= 4 is 11.3 Å². The normalized spacial score (nSPS) is 9.92. The topological polar surface area (TPSA) is 9.23 Å². The third-order valence-corrected chi connectivity index (χ3v) is 2.68. The molecule has 0 saturated heterocycles. The fraction of sp³-hybridized carbons (Fsp3) is 0.0909. The van der Waals surface area contributed by atoms with Gasteiger partial charge in [0.15, 0.2) is 0 Å². The molecule has 0 bridgehead atoms. The molecule has 1 radical (unpaired) electrons. The van der Waals surface area contributed by atoms with Crippen molar-refractivity contribution < 1.29 is 4.74 Å². The molecule has 0 N–H and O–H groups in total. The van der Waals surface area contributed by atoms with Crippen molar-refractivity contribution in [2.45, 2.75) is 0 Å². The second-order valence-electron chi connectivity index (χ2n) is 2.62. The van der Waals surface area contributed by atoms with Crippen LogP contribution in [-0.4, -0.2) is 7.11 Å². The van der Waals surface area contributed by atoms with Gasteiger partial charge in [-0.1, -0.05) is 0 Å². The first kappa shape index (κ1) is 8.32. The molecule has 2 aromatic rings. The largest absolute Gasteiger partial charge is 0.497 e. The maximum absolute atomic E-state index is 5.08. The molecule has 2 rings (SSSR count). The lowest BCUT2D eigenvalue weighted by molar-refractivity contribution is 0.415. The van der Waals surface area contributed by atoms with E-state index in [2.05, 4.69) is 6.07 Å². The zero-order valence-corrected chi connectivity index (χ0v) is 8.10. The summed E-state index contributed by atoms with van der Waals surface area (Å²) in [5, 5.41) is 2.03. The molecule has 0 unspecified atom stereocenters. The molecule has 0 fully saturated rings. The zero-order valence-electron chi connectivity index (χ0n) is 7.28. The Kier molecular flexibility index (Phi) is 2.32. The van der Waals surface area contributed by atoms with Crippen molar-refractivity contribution in [1.29, 1.82) is 0 Å². The van der Waals surface area contributed by atoms with Crippen molar-refractivity contribution in [2.75, 3.05) is 7.11 Å². The summed E-state index contributed by atoms with van der Waals surface area (Å²) in [6, 6.07) is 13.1. The van der Waals surface area contributed by atoms with Crippen LogP contribution in [0.4, 0.5) is 0 Å². The van der Waals surface area contributed by atoms with E-state index in [1.165, 1.54) is 10.4 Å². The number of hydrogen-bond donors (Lipinski definition) is 0. The first-order valence-electron chi connectivity index (χ1n) is 4.00. The van der Waals surface area contributed by atoms with E-state index in [9.17, 15) is 0 Å². The second-order valence-corrected chi connectivity index (χ2v) is 3.54. The Balaban J connectivity index is 2.33. The summed E-state index contributed by atoms with van der Waals surface area (Å²) in [4.78, 5) is 1.17. The number of hydrogen-bond acceptors (Lipinski definition) is 2. The highest BCUT2D eigenvalue weighted by Crippen LogP contribution is 2.25. The highest BCUT2D eigenvalue weighted by Gasteiger charge is 1.98. The lowest BCUT2D eigenvalue weighted by atomic mass is 10.2. The molecule has 0 spiro atoms. The third-order valence-electron chi connectivity index (χ3n) is 1.82. The Morgan fingerprint density at radius 3 is 2.54 bits per heavy atom. The van der Waals surface area contributed by atoms with Crippen LogP contribution in [-0.2, 0) is 0 Å². The molecule has 0 amide bonds. The molecule has 65 valence electrons. The Bertz CT molecular complexity index is 361. The van der Waals surface area contributed by atoms with Gasteiger partial charge in [0.2, 0.25) is 0 Å². The predicted molar refractivity (Wildman–Crippen MR) is 55.1 cm³/mol. The fourth-order valence-electron chi connectivity index (χ4n) is 1.14. The fourth-order valence-corrected chi connectivity index (χ4v) is 1.82. The predicted octanol–water partition coefficient (Wildman–Crippen LogP) is 3.22. The van der Waals surface area contributed by atoms with Gasteiger partial charge in [-0.15, -0.1) is 11.3 Å². The van der Waals surface area contributed by atoms with Gasteiger partial charge >= 0.3 is 0 Å². The van der Waals surface area contributed by atoms with Crippen molar-refractivity contribution in [2.24, 2.45) is 0 Å². The standard InChI is InChI=1S/C11H9OS/c1-12-10-6-4-9(5-7-10)11-3-2-8-13-11/h2,4-8H,1H3. The Hall–Kier alpha value is -1.28. The monoisotopic (exact) mass is 189 g/mol. The lowest BCUT2D eigenvalue weighted by Crippen LogP contribution is -1.81. The minimum Gasteiger partial charge on any atom is -0.497 e. The second kappa shape index (κ2) is 3.62. The van der Waals surface area contributed by atoms with Gasteiger partial charge < -0.3 is 4.74 Å². The smallest absolute Gasteiger partial charge is 0.118 e. The SMILES string of the molecule is COc1ccc(-c2[c]ccs2)cc1. The van der Waals surface area contributed by atoms with E-state index >= 15 is 0 Å². The van der Waals surface area contributed by atoms with Gasteiger partial charge in [-0.25, -0.2) is 0 Å². The summed E-state index contributed by atoms with van der Waals surface area (Å²) in [6.07, 6.45) is 0. The number of methoxy groups -OCH3 is 1. The van der Waals surface area contributed by atoms with Crippen LogP contribution < -0.4 is 4.74 Å². The van der Waals surface area contributed by atoms with Gasteiger partial charge in [-0.05, 0) is 41.3 Å². The highest BCUT2D eigenvalue weighted by molar-refractivity contribution is 7.13. The Morgan fingerprint density at radius 1 is 1.23 bits per heavy atom. The minimum atomic E-state index is 0.889. The van der Waals surface area contributed by atoms with Crippen LogP contribution in [0.25, 0.3) is 10.4 Å². The maximum Gasteiger partial charge on any atom is 0.118 e. The molecule has 1 nitrogen and oxygen atoms in total. The van der Waals surface area contributed by atoms with Gasteiger partial charge in [-0.2, -0.15) is 0 Å². The van der Waals surface area contributed by atoms with Crippen molar-refractivity contribution in [3.05, 3.63) is 41.8 Å². The molecular weight excluding hydrogens is 180 g/mol. The summed E-state index contributed by atoms with van der Waals surface area (Å²) in [5.74, 6) is 0.889. The summed E-state index contributed by atoms with van der Waals surface area (Å²) < 4.78 is 5.08. The molecule has 1 aromatic heterocycles. The van der Waals surface area contributed by atoms with Gasteiger partial charge in [0.05, 0.1) is 7.11 Å². The van der Waals surface area contributed by atoms with Crippen LogP contribution in [0.3, 0.4) is 0 Å². The van der Waals surface area contributed by atoms with E-state index < -0.39 is 0 Å². The van der Waals surface area contributed by atoms with Crippen LogP contribution >= 0.6 is 11.3 Å². The number of rotatable bonds is 2. The summed E-state index contributed by atoms with van der Waals surface area (Å²) in [7, 11) is 1.67. The molecule has 13 heavy (non-hydrogen) atoms. The van der Waals surface area contributed by atoms with Gasteiger partial charge in [-0.3, -0.25) is 0 Å². The molecule has 0 aliphatic carbocycles. The van der Waals surface area contributed by atoms with Gasteiger partial charge in [0.1, 0.15) is 5.75 Å². The number of thiophene rings is 1. The van der Waals surface area contributed by atoms with Crippen LogP contribution in [0, 0.1) is 6.07 Å². The summed E-state index contributed by atoms with van der Waals surface area (Å²) >= 11 is 1.69. The molecule has 1 heterocycles. The van der Waals surface area contributed by atoms with Crippen LogP contribution in [0.5, 0.6) is 5.75 Å². The number of ether oxygens (including phenoxy) is 1. The van der Waals surface area contributed by atoms with E-state index in [-0.39, 0.29) is 0 Å².